The molecule has 0 saturated heterocycles. The lowest BCUT2D eigenvalue weighted by Crippen LogP contribution is -2.12. The first-order chi connectivity index (χ1) is 9.33. The number of halogens is 1. The summed E-state index contributed by atoms with van der Waals surface area (Å²) >= 11 is 3.45. The predicted octanol–water partition coefficient (Wildman–Crippen LogP) is 4.22. The first-order valence-electron chi connectivity index (χ1n) is 6.33. The van der Waals surface area contributed by atoms with Gasteiger partial charge in [0.25, 0.3) is 0 Å². The van der Waals surface area contributed by atoms with Gasteiger partial charge in [0.1, 0.15) is 0 Å². The number of para-hydroxylation sites is 1. The number of nitrogens with one attached hydrogen (secondary N) is 2. The van der Waals surface area contributed by atoms with Gasteiger partial charge in [-0.05, 0) is 29.3 Å². The van der Waals surface area contributed by atoms with Crippen molar-refractivity contribution < 1.29 is 0 Å². The van der Waals surface area contributed by atoms with Crippen LogP contribution in [0.2, 0.25) is 0 Å². The molecule has 3 rings (SSSR count). The Kier molecular flexibility index (Phi) is 3.67. The summed E-state index contributed by atoms with van der Waals surface area (Å²) < 4.78 is 1.12. The van der Waals surface area contributed by atoms with E-state index < -0.39 is 0 Å². The zero-order chi connectivity index (χ0) is 13.1. The van der Waals surface area contributed by atoms with Crippen LogP contribution in [0.1, 0.15) is 11.1 Å². The lowest BCUT2D eigenvalue weighted by atomic mass is 10.1. The van der Waals surface area contributed by atoms with Gasteiger partial charge >= 0.3 is 0 Å². The van der Waals surface area contributed by atoms with Crippen molar-refractivity contribution >= 4 is 26.8 Å². The maximum atomic E-state index is 3.48. The van der Waals surface area contributed by atoms with Gasteiger partial charge in [0, 0.05) is 34.7 Å². The molecule has 0 radical (unpaired) electrons. The van der Waals surface area contributed by atoms with Crippen LogP contribution in [0.5, 0.6) is 0 Å². The Balaban J connectivity index is 1.65. The highest BCUT2D eigenvalue weighted by Crippen LogP contribution is 2.17. The molecular weight excluding hydrogens is 300 g/mol. The van der Waals surface area contributed by atoms with Gasteiger partial charge in [-0.3, -0.25) is 0 Å². The van der Waals surface area contributed by atoms with Crippen LogP contribution >= 0.6 is 15.9 Å². The molecule has 2 aromatic carbocycles. The molecule has 2 N–H and O–H groups in total. The van der Waals surface area contributed by atoms with Crippen molar-refractivity contribution in [2.24, 2.45) is 0 Å². The van der Waals surface area contributed by atoms with Crippen LogP contribution in [0.3, 0.4) is 0 Å². The number of H-pyrrole nitrogens is 1. The third kappa shape index (κ3) is 2.88. The molecule has 0 aliphatic carbocycles. The van der Waals surface area contributed by atoms with Gasteiger partial charge in [0.15, 0.2) is 0 Å². The van der Waals surface area contributed by atoms with E-state index in [-0.39, 0.29) is 0 Å². The molecule has 0 unspecified atom stereocenters. The van der Waals surface area contributed by atoms with Crippen molar-refractivity contribution in [1.82, 2.24) is 10.3 Å². The van der Waals surface area contributed by atoms with E-state index in [0.29, 0.717) is 0 Å². The fourth-order valence-corrected chi connectivity index (χ4v) is 2.49. The minimum Gasteiger partial charge on any atom is -0.361 e. The summed E-state index contributed by atoms with van der Waals surface area (Å²) in [7, 11) is 0. The monoisotopic (exact) mass is 314 g/mol. The largest absolute Gasteiger partial charge is 0.361 e. The fourth-order valence-electron chi connectivity index (χ4n) is 2.22. The molecule has 0 aliphatic heterocycles. The quantitative estimate of drug-likeness (QED) is 0.741. The summed E-state index contributed by atoms with van der Waals surface area (Å²) in [6.45, 7) is 1.76. The Morgan fingerprint density at radius 2 is 1.74 bits per heavy atom. The molecule has 0 amide bonds. The second-order valence-corrected chi connectivity index (χ2v) is 5.51. The Labute approximate surface area is 121 Å². The van der Waals surface area contributed by atoms with E-state index in [1.165, 1.54) is 22.0 Å². The first kappa shape index (κ1) is 12.5. The van der Waals surface area contributed by atoms with Crippen molar-refractivity contribution in [1.29, 1.82) is 0 Å². The van der Waals surface area contributed by atoms with Gasteiger partial charge < -0.3 is 10.3 Å². The predicted molar refractivity (Wildman–Crippen MR) is 83.0 cm³/mol. The summed E-state index contributed by atoms with van der Waals surface area (Å²) in [6.07, 6.45) is 2.08. The summed E-state index contributed by atoms with van der Waals surface area (Å²) in [5.74, 6) is 0. The van der Waals surface area contributed by atoms with Crippen molar-refractivity contribution in [2.75, 3.05) is 0 Å². The van der Waals surface area contributed by atoms with E-state index >= 15 is 0 Å². The Bertz CT molecular complexity index is 671. The highest BCUT2D eigenvalue weighted by atomic mass is 79.9. The number of aromatic amines is 1. The van der Waals surface area contributed by atoms with E-state index in [4.69, 9.17) is 0 Å². The summed E-state index contributed by atoms with van der Waals surface area (Å²) in [5, 5.41) is 4.78. The molecule has 0 atom stereocenters. The van der Waals surface area contributed by atoms with Crippen molar-refractivity contribution in [3.8, 4) is 0 Å². The van der Waals surface area contributed by atoms with Crippen LogP contribution < -0.4 is 5.32 Å². The average Bonchev–Trinajstić information content (AvgIpc) is 2.85. The highest BCUT2D eigenvalue weighted by Gasteiger charge is 2.02. The van der Waals surface area contributed by atoms with Gasteiger partial charge in [-0.1, -0.05) is 46.3 Å². The van der Waals surface area contributed by atoms with Crippen molar-refractivity contribution in [3.63, 3.8) is 0 Å². The van der Waals surface area contributed by atoms with Gasteiger partial charge in [-0.15, -0.1) is 0 Å². The second-order valence-electron chi connectivity index (χ2n) is 4.59. The van der Waals surface area contributed by atoms with Crippen LogP contribution in [-0.2, 0) is 13.1 Å². The van der Waals surface area contributed by atoms with E-state index in [2.05, 4.69) is 81.0 Å². The van der Waals surface area contributed by atoms with Crippen LogP contribution in [0.25, 0.3) is 10.9 Å². The fraction of sp³-hybridized carbons (Fsp3) is 0.125. The summed E-state index contributed by atoms with van der Waals surface area (Å²) in [5.41, 5.74) is 3.80. The minimum atomic E-state index is 0.875. The molecule has 0 aliphatic rings. The number of hydrogen-bond acceptors (Lipinski definition) is 1. The number of fused-ring (bicyclic) bond motifs is 1. The third-order valence-corrected chi connectivity index (χ3v) is 3.76. The zero-order valence-corrected chi connectivity index (χ0v) is 12.1. The van der Waals surface area contributed by atoms with Gasteiger partial charge in [-0.2, -0.15) is 0 Å². The van der Waals surface area contributed by atoms with Crippen LogP contribution in [0, 0.1) is 0 Å². The lowest BCUT2D eigenvalue weighted by molar-refractivity contribution is 0.696. The maximum absolute atomic E-state index is 3.48. The molecule has 0 bridgehead atoms. The topological polar surface area (TPSA) is 27.8 Å². The lowest BCUT2D eigenvalue weighted by Gasteiger charge is -2.04. The average molecular weight is 315 g/mol. The van der Waals surface area contributed by atoms with Gasteiger partial charge in [0.2, 0.25) is 0 Å². The third-order valence-electron chi connectivity index (χ3n) is 3.23. The molecule has 0 spiro atoms. The smallest absolute Gasteiger partial charge is 0.0457 e. The number of aromatic nitrogens is 1. The molecule has 2 nitrogen and oxygen atoms in total. The molecule has 3 heteroatoms. The molecule has 3 aromatic rings. The molecule has 0 saturated carbocycles. The molecule has 0 fully saturated rings. The van der Waals surface area contributed by atoms with E-state index in [0.717, 1.165) is 17.6 Å². The Hall–Kier alpha value is -1.58. The second kappa shape index (κ2) is 5.59. The van der Waals surface area contributed by atoms with Crippen LogP contribution in [0.15, 0.2) is 59.2 Å². The van der Waals surface area contributed by atoms with Crippen LogP contribution in [0.4, 0.5) is 0 Å². The number of benzene rings is 2. The molecule has 96 valence electrons. The molecule has 1 heterocycles. The Morgan fingerprint density at radius 3 is 2.58 bits per heavy atom. The first-order valence-corrected chi connectivity index (χ1v) is 7.12. The van der Waals surface area contributed by atoms with Gasteiger partial charge in [0.05, 0.1) is 0 Å². The van der Waals surface area contributed by atoms with Gasteiger partial charge in [-0.25, -0.2) is 0 Å². The maximum Gasteiger partial charge on any atom is 0.0457 e. The van der Waals surface area contributed by atoms with E-state index in [1.807, 2.05) is 0 Å². The van der Waals surface area contributed by atoms with Crippen molar-refractivity contribution in [2.45, 2.75) is 13.1 Å². The van der Waals surface area contributed by atoms with Crippen LogP contribution in [-0.4, -0.2) is 4.98 Å². The SMILES string of the molecule is Brc1ccc(CNCc2c[nH]c3ccccc23)cc1. The minimum absolute atomic E-state index is 0.875. The summed E-state index contributed by atoms with van der Waals surface area (Å²) in [6, 6.07) is 16.8. The summed E-state index contributed by atoms with van der Waals surface area (Å²) in [4.78, 5) is 3.30. The normalized spacial score (nSPS) is 11.0. The standard InChI is InChI=1S/C16H15BrN2/c17-14-7-5-12(6-8-14)9-18-10-13-11-19-16-4-2-1-3-15(13)16/h1-8,11,18-19H,9-10H2. The molecule has 19 heavy (non-hydrogen) atoms. The zero-order valence-electron chi connectivity index (χ0n) is 10.5. The van der Waals surface area contributed by atoms with Crippen molar-refractivity contribution in [3.05, 3.63) is 70.3 Å². The number of hydrogen-bond donors (Lipinski definition) is 2. The number of rotatable bonds is 4. The molecule has 1 aromatic heterocycles. The molecular formula is C16H15BrN2. The Morgan fingerprint density at radius 1 is 0.947 bits per heavy atom. The van der Waals surface area contributed by atoms with E-state index in [1.54, 1.807) is 0 Å². The van der Waals surface area contributed by atoms with E-state index in [9.17, 15) is 0 Å². The highest BCUT2D eigenvalue weighted by molar-refractivity contribution is 9.10.